The minimum Gasteiger partial charge on any atom is -0.497 e. The third-order valence-corrected chi connectivity index (χ3v) is 5.02. The number of carbonyl (C=O) groups excluding carboxylic acids is 1. The van der Waals surface area contributed by atoms with E-state index in [0.717, 1.165) is 28.3 Å². The number of amides is 1. The molecule has 5 nitrogen and oxygen atoms in total. The average molecular weight is 387 g/mol. The number of methoxy groups -OCH3 is 1. The Hall–Kier alpha value is -3.51. The van der Waals surface area contributed by atoms with Gasteiger partial charge in [-0.25, -0.2) is 9.97 Å². The Morgan fingerprint density at radius 3 is 2.18 bits per heavy atom. The van der Waals surface area contributed by atoms with Crippen LogP contribution in [0.3, 0.4) is 0 Å². The summed E-state index contributed by atoms with van der Waals surface area (Å²) in [7, 11) is 1.63. The third kappa shape index (κ3) is 3.92. The highest BCUT2D eigenvalue weighted by Crippen LogP contribution is 2.26. The molecule has 2 heterocycles. The first-order valence-electron chi connectivity index (χ1n) is 8.67. The van der Waals surface area contributed by atoms with Crippen molar-refractivity contribution < 1.29 is 9.53 Å². The number of rotatable bonds is 5. The zero-order valence-electron chi connectivity index (χ0n) is 15.1. The van der Waals surface area contributed by atoms with Crippen molar-refractivity contribution in [3.05, 3.63) is 83.1 Å². The van der Waals surface area contributed by atoms with Crippen molar-refractivity contribution in [1.29, 1.82) is 0 Å². The predicted octanol–water partition coefficient (Wildman–Crippen LogP) is 5.13. The Morgan fingerprint density at radius 1 is 0.893 bits per heavy atom. The van der Waals surface area contributed by atoms with Crippen molar-refractivity contribution in [2.24, 2.45) is 0 Å². The first kappa shape index (κ1) is 17.9. The Labute approximate surface area is 166 Å². The summed E-state index contributed by atoms with van der Waals surface area (Å²) < 4.78 is 5.23. The number of aromatic nitrogens is 2. The van der Waals surface area contributed by atoms with Crippen LogP contribution < -0.4 is 10.1 Å². The molecule has 2 aromatic heterocycles. The molecule has 0 bridgehead atoms. The van der Waals surface area contributed by atoms with E-state index in [1.807, 2.05) is 72.1 Å². The first-order valence-corrected chi connectivity index (χ1v) is 9.55. The van der Waals surface area contributed by atoms with E-state index in [4.69, 9.17) is 4.74 Å². The molecule has 0 aliphatic heterocycles. The van der Waals surface area contributed by atoms with Crippen molar-refractivity contribution in [1.82, 2.24) is 9.97 Å². The molecule has 0 aliphatic rings. The highest BCUT2D eigenvalue weighted by Gasteiger charge is 2.13. The van der Waals surface area contributed by atoms with Crippen LogP contribution in [-0.4, -0.2) is 23.0 Å². The minimum absolute atomic E-state index is 0.221. The molecule has 0 atom stereocenters. The quantitative estimate of drug-likeness (QED) is 0.515. The zero-order valence-corrected chi connectivity index (χ0v) is 15.9. The summed E-state index contributed by atoms with van der Waals surface area (Å²) >= 11 is 1.37. The van der Waals surface area contributed by atoms with Gasteiger partial charge in [-0.1, -0.05) is 36.4 Å². The van der Waals surface area contributed by atoms with E-state index in [9.17, 15) is 4.79 Å². The second-order valence-electron chi connectivity index (χ2n) is 5.99. The summed E-state index contributed by atoms with van der Waals surface area (Å²) in [5.41, 5.74) is 3.32. The summed E-state index contributed by atoms with van der Waals surface area (Å²) in [5, 5.41) is 4.67. The molecule has 4 rings (SSSR count). The SMILES string of the molecule is COc1ccc(-c2cc(-c3ccccc3)nc(NC(=O)c3cccs3)n2)cc1. The van der Waals surface area contributed by atoms with E-state index in [2.05, 4.69) is 15.3 Å². The molecular formula is C22H17N3O2S. The predicted molar refractivity (Wildman–Crippen MR) is 112 cm³/mol. The molecule has 138 valence electrons. The van der Waals surface area contributed by atoms with E-state index in [1.165, 1.54) is 11.3 Å². The largest absolute Gasteiger partial charge is 0.497 e. The van der Waals surface area contributed by atoms with E-state index < -0.39 is 0 Å². The second-order valence-corrected chi connectivity index (χ2v) is 6.94. The summed E-state index contributed by atoms with van der Waals surface area (Å²) in [6.07, 6.45) is 0. The molecular weight excluding hydrogens is 370 g/mol. The summed E-state index contributed by atoms with van der Waals surface area (Å²) in [6, 6.07) is 23.0. The van der Waals surface area contributed by atoms with E-state index in [-0.39, 0.29) is 11.9 Å². The fourth-order valence-electron chi connectivity index (χ4n) is 2.74. The van der Waals surface area contributed by atoms with E-state index >= 15 is 0 Å². The van der Waals surface area contributed by atoms with Gasteiger partial charge >= 0.3 is 0 Å². The number of ether oxygens (including phenoxy) is 1. The Bertz CT molecular complexity index is 1080. The van der Waals surface area contributed by atoms with Crippen LogP contribution in [0.5, 0.6) is 5.75 Å². The third-order valence-electron chi connectivity index (χ3n) is 4.15. The molecule has 0 unspecified atom stereocenters. The smallest absolute Gasteiger partial charge is 0.268 e. The molecule has 1 amide bonds. The maximum atomic E-state index is 12.5. The lowest BCUT2D eigenvalue weighted by Crippen LogP contribution is -2.13. The Kier molecular flexibility index (Phi) is 5.12. The van der Waals surface area contributed by atoms with Gasteiger partial charge in [0.2, 0.25) is 5.95 Å². The van der Waals surface area contributed by atoms with Crippen molar-refractivity contribution in [2.75, 3.05) is 12.4 Å². The Morgan fingerprint density at radius 2 is 1.57 bits per heavy atom. The van der Waals surface area contributed by atoms with Gasteiger partial charge in [0, 0.05) is 11.1 Å². The molecule has 0 radical (unpaired) electrons. The van der Waals surface area contributed by atoms with Gasteiger partial charge in [0.1, 0.15) is 5.75 Å². The van der Waals surface area contributed by atoms with Crippen LogP contribution in [0.15, 0.2) is 78.2 Å². The number of anilines is 1. The molecule has 4 aromatic rings. The number of nitrogens with zero attached hydrogens (tertiary/aromatic N) is 2. The van der Waals surface area contributed by atoms with Gasteiger partial charge in [-0.15, -0.1) is 11.3 Å². The van der Waals surface area contributed by atoms with Crippen molar-refractivity contribution in [3.8, 4) is 28.3 Å². The van der Waals surface area contributed by atoms with Crippen molar-refractivity contribution in [3.63, 3.8) is 0 Å². The van der Waals surface area contributed by atoms with Gasteiger partial charge < -0.3 is 4.74 Å². The van der Waals surface area contributed by atoms with Crippen molar-refractivity contribution >= 4 is 23.2 Å². The molecule has 0 fully saturated rings. The molecule has 0 spiro atoms. The Balaban J connectivity index is 1.75. The number of carbonyl (C=O) groups is 1. The van der Waals surface area contributed by atoms with Crippen LogP contribution in [0.25, 0.3) is 22.5 Å². The van der Waals surface area contributed by atoms with Crippen LogP contribution in [0, 0.1) is 0 Å². The number of hydrogen-bond donors (Lipinski definition) is 1. The average Bonchev–Trinajstić information content (AvgIpc) is 3.29. The molecule has 0 saturated carbocycles. The molecule has 28 heavy (non-hydrogen) atoms. The van der Waals surface area contributed by atoms with Gasteiger partial charge in [0.25, 0.3) is 5.91 Å². The molecule has 2 aromatic carbocycles. The fraction of sp³-hybridized carbons (Fsp3) is 0.0455. The molecule has 6 heteroatoms. The summed E-state index contributed by atoms with van der Waals surface area (Å²) in [6.45, 7) is 0. The second kappa shape index (κ2) is 8.02. The highest BCUT2D eigenvalue weighted by atomic mass is 32.1. The monoisotopic (exact) mass is 387 g/mol. The van der Waals surface area contributed by atoms with Gasteiger partial charge in [0.15, 0.2) is 0 Å². The van der Waals surface area contributed by atoms with Gasteiger partial charge in [0.05, 0.1) is 23.4 Å². The number of nitrogens with one attached hydrogen (secondary N) is 1. The highest BCUT2D eigenvalue weighted by molar-refractivity contribution is 7.12. The number of hydrogen-bond acceptors (Lipinski definition) is 5. The number of thiophene rings is 1. The van der Waals surface area contributed by atoms with Crippen LogP contribution in [-0.2, 0) is 0 Å². The van der Waals surface area contributed by atoms with Crippen molar-refractivity contribution in [2.45, 2.75) is 0 Å². The summed E-state index contributed by atoms with van der Waals surface area (Å²) in [5.74, 6) is 0.818. The lowest BCUT2D eigenvalue weighted by Gasteiger charge is -2.10. The topological polar surface area (TPSA) is 64.1 Å². The van der Waals surface area contributed by atoms with Gasteiger partial charge in [-0.3, -0.25) is 10.1 Å². The standard InChI is InChI=1S/C22H17N3O2S/c1-27-17-11-9-16(10-12-17)19-14-18(15-6-3-2-4-7-15)23-22(24-19)25-21(26)20-8-5-13-28-20/h2-14H,1H3,(H,23,24,25,26). The van der Waals surface area contributed by atoms with Crippen LogP contribution in [0.4, 0.5) is 5.95 Å². The van der Waals surface area contributed by atoms with Crippen LogP contribution in [0.1, 0.15) is 9.67 Å². The number of benzene rings is 2. The van der Waals surface area contributed by atoms with E-state index in [1.54, 1.807) is 13.2 Å². The van der Waals surface area contributed by atoms with Gasteiger partial charge in [-0.05, 0) is 41.8 Å². The zero-order chi connectivity index (χ0) is 19.3. The maximum Gasteiger partial charge on any atom is 0.268 e. The molecule has 1 N–H and O–H groups in total. The van der Waals surface area contributed by atoms with E-state index in [0.29, 0.717) is 4.88 Å². The minimum atomic E-state index is -0.221. The van der Waals surface area contributed by atoms with Crippen LogP contribution in [0.2, 0.25) is 0 Å². The maximum absolute atomic E-state index is 12.5. The summed E-state index contributed by atoms with van der Waals surface area (Å²) in [4.78, 5) is 22.2. The first-order chi connectivity index (χ1) is 13.7. The lowest BCUT2D eigenvalue weighted by atomic mass is 10.1. The van der Waals surface area contributed by atoms with Crippen LogP contribution >= 0.6 is 11.3 Å². The molecule has 0 aliphatic carbocycles. The molecule has 0 saturated heterocycles. The normalized spacial score (nSPS) is 10.5. The lowest BCUT2D eigenvalue weighted by molar-refractivity contribution is 0.102. The van der Waals surface area contributed by atoms with Gasteiger partial charge in [-0.2, -0.15) is 0 Å². The fourth-order valence-corrected chi connectivity index (χ4v) is 3.36.